The molecule has 0 amide bonds. The van der Waals surface area contributed by atoms with E-state index in [1.54, 1.807) is 6.08 Å². The molecular formula is C26H43F3O4SSi. The number of alkyl halides is 3. The Morgan fingerprint density at radius 3 is 2.26 bits per heavy atom. The summed E-state index contributed by atoms with van der Waals surface area (Å²) in [5.41, 5.74) is -5.85. The molecule has 0 aliphatic heterocycles. The van der Waals surface area contributed by atoms with E-state index in [9.17, 15) is 21.6 Å². The molecule has 4 aliphatic rings. The average Bonchev–Trinajstić information content (AvgIpc) is 3.02. The second-order valence-corrected chi connectivity index (χ2v) is 20.0. The molecule has 4 rings (SSSR count). The fraction of sp³-hybridized carbons (Fsp3) is 0.923. The minimum atomic E-state index is -5.64. The Bertz CT molecular complexity index is 970. The molecule has 0 N–H and O–H groups in total. The first-order valence-corrected chi connectivity index (χ1v) is 17.5. The smallest absolute Gasteiger partial charge is 0.414 e. The molecule has 0 saturated heterocycles. The van der Waals surface area contributed by atoms with E-state index < -0.39 is 29.4 Å². The molecule has 0 bridgehead atoms. The van der Waals surface area contributed by atoms with Gasteiger partial charge < -0.3 is 8.61 Å². The normalized spacial score (nSPS) is 40.4. The number of halogens is 3. The molecule has 0 aromatic rings. The van der Waals surface area contributed by atoms with Crippen LogP contribution in [-0.4, -0.2) is 28.3 Å². The van der Waals surface area contributed by atoms with Crippen molar-refractivity contribution >= 4 is 18.4 Å². The lowest BCUT2D eigenvalue weighted by Gasteiger charge is -2.61. The van der Waals surface area contributed by atoms with Gasteiger partial charge in [-0.1, -0.05) is 34.6 Å². The van der Waals surface area contributed by atoms with Crippen molar-refractivity contribution in [2.75, 3.05) is 0 Å². The maximum Gasteiger partial charge on any atom is 0.534 e. The van der Waals surface area contributed by atoms with Gasteiger partial charge in [0.25, 0.3) is 0 Å². The molecule has 4 aliphatic carbocycles. The van der Waals surface area contributed by atoms with Gasteiger partial charge in [-0.15, -0.1) is 0 Å². The number of hydrogen-bond acceptors (Lipinski definition) is 4. The van der Waals surface area contributed by atoms with Crippen LogP contribution in [0.15, 0.2) is 11.8 Å². The molecular weight excluding hydrogens is 493 g/mol. The van der Waals surface area contributed by atoms with Crippen LogP contribution in [0.5, 0.6) is 0 Å². The Kier molecular flexibility index (Phi) is 6.66. The van der Waals surface area contributed by atoms with Crippen LogP contribution >= 0.6 is 0 Å². The highest BCUT2D eigenvalue weighted by molar-refractivity contribution is 7.87. The van der Waals surface area contributed by atoms with Crippen LogP contribution in [0.2, 0.25) is 18.1 Å². The molecule has 0 spiro atoms. The van der Waals surface area contributed by atoms with E-state index in [1.807, 2.05) is 6.92 Å². The van der Waals surface area contributed by atoms with Crippen LogP contribution < -0.4 is 0 Å². The lowest BCUT2D eigenvalue weighted by Crippen LogP contribution is -2.55. The van der Waals surface area contributed by atoms with Crippen LogP contribution in [0, 0.1) is 34.5 Å². The molecule has 4 nitrogen and oxygen atoms in total. The SMILES string of the molecule is CC(C)(C)[Si](C)(C)O[C@H]1CC[C@@]2(C)[C@H](CC[C@@H]3[C@@H]2CC[C@]2(C)C(OS(=O)(=O)C(F)(F)F)=CC[C@@H]32)C1. The maximum atomic E-state index is 13.0. The second-order valence-electron chi connectivity index (χ2n) is 13.7. The molecule has 0 unspecified atom stereocenters. The summed E-state index contributed by atoms with van der Waals surface area (Å²) in [6, 6.07) is 0. The first-order valence-electron chi connectivity index (χ1n) is 13.2. The van der Waals surface area contributed by atoms with Crippen molar-refractivity contribution < 1.29 is 30.2 Å². The molecule has 35 heavy (non-hydrogen) atoms. The van der Waals surface area contributed by atoms with Crippen molar-refractivity contribution in [3.63, 3.8) is 0 Å². The van der Waals surface area contributed by atoms with E-state index in [0.29, 0.717) is 36.7 Å². The minimum Gasteiger partial charge on any atom is -0.414 e. The summed E-state index contributed by atoms with van der Waals surface area (Å²) >= 11 is 0. The Morgan fingerprint density at radius 1 is 1.00 bits per heavy atom. The van der Waals surface area contributed by atoms with Crippen molar-refractivity contribution in [3.8, 4) is 0 Å². The molecule has 3 fully saturated rings. The fourth-order valence-electron chi connectivity index (χ4n) is 7.74. The highest BCUT2D eigenvalue weighted by Gasteiger charge is 2.61. The summed E-state index contributed by atoms with van der Waals surface area (Å²) in [5.74, 6) is 1.65. The zero-order chi connectivity index (χ0) is 26.2. The summed E-state index contributed by atoms with van der Waals surface area (Å²) in [5, 5.41) is 0.189. The summed E-state index contributed by atoms with van der Waals surface area (Å²) in [6.07, 6.45) is 9.57. The molecule has 0 aromatic carbocycles. The van der Waals surface area contributed by atoms with E-state index >= 15 is 0 Å². The van der Waals surface area contributed by atoms with E-state index in [-0.39, 0.29) is 22.1 Å². The first-order chi connectivity index (χ1) is 15.8. The molecule has 0 heterocycles. The number of rotatable bonds is 4. The number of allylic oxidation sites excluding steroid dienone is 2. The van der Waals surface area contributed by atoms with Gasteiger partial charge >= 0.3 is 15.6 Å². The van der Waals surface area contributed by atoms with Crippen LogP contribution in [0.1, 0.15) is 86.0 Å². The van der Waals surface area contributed by atoms with E-state index in [4.69, 9.17) is 8.61 Å². The quantitative estimate of drug-likeness (QED) is 0.209. The Morgan fingerprint density at radius 2 is 1.66 bits per heavy atom. The van der Waals surface area contributed by atoms with Crippen LogP contribution in [0.25, 0.3) is 0 Å². The zero-order valence-electron chi connectivity index (χ0n) is 22.3. The van der Waals surface area contributed by atoms with E-state index in [0.717, 1.165) is 38.5 Å². The van der Waals surface area contributed by atoms with Crippen molar-refractivity contribution in [2.45, 2.75) is 116 Å². The van der Waals surface area contributed by atoms with E-state index in [1.165, 1.54) is 0 Å². The van der Waals surface area contributed by atoms with Crippen molar-refractivity contribution in [1.29, 1.82) is 0 Å². The van der Waals surface area contributed by atoms with Gasteiger partial charge in [-0.3, -0.25) is 0 Å². The number of fused-ring (bicyclic) bond motifs is 5. The Balaban J connectivity index is 1.48. The number of hydrogen-bond donors (Lipinski definition) is 0. The van der Waals surface area contributed by atoms with Gasteiger partial charge in [-0.05, 0) is 105 Å². The van der Waals surface area contributed by atoms with Gasteiger partial charge in [0.1, 0.15) is 5.76 Å². The summed E-state index contributed by atoms with van der Waals surface area (Å²) in [6.45, 7) is 15.8. The predicted molar refractivity (Wildman–Crippen MR) is 133 cm³/mol. The highest BCUT2D eigenvalue weighted by Crippen LogP contribution is 2.66. The third kappa shape index (κ3) is 4.53. The monoisotopic (exact) mass is 536 g/mol. The van der Waals surface area contributed by atoms with Crippen LogP contribution in [-0.2, 0) is 18.7 Å². The predicted octanol–water partition coefficient (Wildman–Crippen LogP) is 7.78. The highest BCUT2D eigenvalue weighted by atomic mass is 32.2. The molecule has 0 radical (unpaired) electrons. The summed E-state index contributed by atoms with van der Waals surface area (Å²) < 4.78 is 74.0. The molecule has 202 valence electrons. The van der Waals surface area contributed by atoms with Gasteiger partial charge in [0.15, 0.2) is 8.32 Å². The van der Waals surface area contributed by atoms with Crippen LogP contribution in [0.3, 0.4) is 0 Å². The van der Waals surface area contributed by atoms with Gasteiger partial charge in [0.05, 0.1) is 0 Å². The third-order valence-corrected chi connectivity index (χ3v) is 16.4. The lowest BCUT2D eigenvalue weighted by atomic mass is 9.45. The van der Waals surface area contributed by atoms with E-state index in [2.05, 4.69) is 40.8 Å². The van der Waals surface area contributed by atoms with Gasteiger partial charge in [0.2, 0.25) is 0 Å². The third-order valence-electron chi connectivity index (χ3n) is 10.9. The topological polar surface area (TPSA) is 52.6 Å². The first kappa shape index (κ1) is 27.5. The molecule has 3 saturated carbocycles. The largest absolute Gasteiger partial charge is 0.534 e. The zero-order valence-corrected chi connectivity index (χ0v) is 24.1. The molecule has 9 heteroatoms. The van der Waals surface area contributed by atoms with Gasteiger partial charge in [-0.25, -0.2) is 0 Å². The second kappa shape index (κ2) is 8.48. The van der Waals surface area contributed by atoms with Crippen molar-refractivity contribution in [2.24, 2.45) is 34.5 Å². The molecule has 7 atom stereocenters. The van der Waals surface area contributed by atoms with Crippen molar-refractivity contribution in [3.05, 3.63) is 11.8 Å². The minimum absolute atomic E-state index is 0.0111. The van der Waals surface area contributed by atoms with Crippen molar-refractivity contribution in [1.82, 2.24) is 0 Å². The lowest BCUT2D eigenvalue weighted by molar-refractivity contribution is -0.119. The van der Waals surface area contributed by atoms with Gasteiger partial charge in [0, 0.05) is 11.5 Å². The Hall–Kier alpha value is -0.543. The standard InChI is InChI=1S/C26H43F3O4SSi/c1-23(2,3)35(6,7)33-18-12-14-24(4)17(16-18)8-9-19-20-10-11-22(25(20,5)15-13-21(19)24)32-34(30,31)26(27,28)29/h11,17-21H,8-10,12-16H2,1-7H3/t17-,18+,19+,20+,21+,24+,25+/m1/s1. The Labute approximate surface area is 210 Å². The molecule has 0 aromatic heterocycles. The summed E-state index contributed by atoms with van der Waals surface area (Å²) in [4.78, 5) is 0. The summed E-state index contributed by atoms with van der Waals surface area (Å²) in [7, 11) is -7.47. The maximum absolute atomic E-state index is 13.0. The average molecular weight is 537 g/mol. The van der Waals surface area contributed by atoms with Crippen LogP contribution in [0.4, 0.5) is 13.2 Å². The fourth-order valence-corrected chi connectivity index (χ4v) is 9.73. The van der Waals surface area contributed by atoms with Gasteiger partial charge in [-0.2, -0.15) is 21.6 Å².